The minimum atomic E-state index is 0.263. The number of aromatic nitrogens is 1. The van der Waals surface area contributed by atoms with Crippen LogP contribution < -0.4 is 5.32 Å². The maximum atomic E-state index is 4.51. The number of nitrogens with one attached hydrogen (secondary N) is 1. The lowest BCUT2D eigenvalue weighted by atomic mass is 9.71. The molecule has 1 aliphatic rings. The first-order chi connectivity index (χ1) is 9.58. The van der Waals surface area contributed by atoms with Gasteiger partial charge in [-0.15, -0.1) is 0 Å². The van der Waals surface area contributed by atoms with Gasteiger partial charge in [0.2, 0.25) is 0 Å². The average molecular weight is 275 g/mol. The molecule has 1 heterocycles. The molecule has 1 atom stereocenters. The molecule has 0 spiro atoms. The predicted octanol–water partition coefficient (Wildman–Crippen LogP) is 2.72. The highest BCUT2D eigenvalue weighted by Gasteiger charge is 2.42. The summed E-state index contributed by atoms with van der Waals surface area (Å²) in [4.78, 5) is 6.96. The number of pyridine rings is 1. The van der Waals surface area contributed by atoms with Gasteiger partial charge in [-0.3, -0.25) is 4.98 Å². The molecule has 0 aliphatic heterocycles. The van der Waals surface area contributed by atoms with Crippen LogP contribution >= 0.6 is 0 Å². The summed E-state index contributed by atoms with van der Waals surface area (Å²) >= 11 is 0. The van der Waals surface area contributed by atoms with Crippen LogP contribution in [-0.2, 0) is 6.42 Å². The Hall–Kier alpha value is -0.930. The molecule has 112 valence electrons. The van der Waals surface area contributed by atoms with E-state index >= 15 is 0 Å². The van der Waals surface area contributed by atoms with Crippen LogP contribution in [0.2, 0.25) is 0 Å². The van der Waals surface area contributed by atoms with E-state index in [0.717, 1.165) is 12.3 Å². The number of rotatable bonds is 5. The fourth-order valence-electron chi connectivity index (χ4n) is 3.66. The van der Waals surface area contributed by atoms with Crippen LogP contribution in [0.4, 0.5) is 0 Å². The molecule has 0 radical (unpaired) electrons. The minimum Gasteiger partial charge on any atom is -0.315 e. The molecular weight excluding hydrogens is 246 g/mol. The van der Waals surface area contributed by atoms with Crippen molar-refractivity contribution in [3.8, 4) is 0 Å². The monoisotopic (exact) mass is 275 g/mol. The van der Waals surface area contributed by atoms with Gasteiger partial charge >= 0.3 is 0 Å². The Morgan fingerprint density at radius 3 is 2.55 bits per heavy atom. The SMILES string of the molecule is CNC(Cc1ccccn1)C1(N(C)C)CCC(C)CC1. The standard InChI is InChI=1S/C17H29N3/c1-14-8-10-17(11-9-14,20(3)4)16(18-2)13-15-7-5-6-12-19-15/h5-7,12,14,16,18H,8-11,13H2,1-4H3. The molecule has 2 rings (SSSR count). The Morgan fingerprint density at radius 2 is 2.05 bits per heavy atom. The van der Waals surface area contributed by atoms with Crippen LogP contribution in [0.1, 0.15) is 38.3 Å². The van der Waals surface area contributed by atoms with Crippen molar-refractivity contribution in [1.82, 2.24) is 15.2 Å². The van der Waals surface area contributed by atoms with Crippen LogP contribution in [0.25, 0.3) is 0 Å². The summed E-state index contributed by atoms with van der Waals surface area (Å²) in [7, 11) is 6.56. The van der Waals surface area contributed by atoms with Crippen LogP contribution in [-0.4, -0.2) is 42.6 Å². The molecule has 20 heavy (non-hydrogen) atoms. The zero-order chi connectivity index (χ0) is 14.6. The van der Waals surface area contributed by atoms with Gasteiger partial charge in [-0.1, -0.05) is 13.0 Å². The molecule has 0 bridgehead atoms. The summed E-state index contributed by atoms with van der Waals surface area (Å²) in [6.45, 7) is 2.38. The molecule has 1 fully saturated rings. The molecule has 1 aromatic heterocycles. The summed E-state index contributed by atoms with van der Waals surface area (Å²) < 4.78 is 0. The highest BCUT2D eigenvalue weighted by Crippen LogP contribution is 2.38. The fraction of sp³-hybridized carbons (Fsp3) is 0.706. The van der Waals surface area contributed by atoms with Gasteiger partial charge in [-0.2, -0.15) is 0 Å². The second kappa shape index (κ2) is 6.68. The molecule has 1 N–H and O–H groups in total. The van der Waals surface area contributed by atoms with Crippen molar-refractivity contribution in [1.29, 1.82) is 0 Å². The van der Waals surface area contributed by atoms with Crippen LogP contribution in [0.15, 0.2) is 24.4 Å². The van der Waals surface area contributed by atoms with Crippen molar-refractivity contribution < 1.29 is 0 Å². The molecule has 1 aliphatic carbocycles. The highest BCUT2D eigenvalue weighted by molar-refractivity contribution is 5.10. The normalized spacial score (nSPS) is 28.6. The molecule has 0 amide bonds. The van der Waals surface area contributed by atoms with Crippen molar-refractivity contribution in [3.63, 3.8) is 0 Å². The zero-order valence-corrected chi connectivity index (χ0v) is 13.4. The number of hydrogen-bond acceptors (Lipinski definition) is 3. The third-order valence-electron chi connectivity index (χ3n) is 5.17. The molecular formula is C17H29N3. The topological polar surface area (TPSA) is 28.2 Å². The van der Waals surface area contributed by atoms with Gasteiger partial charge in [-0.05, 0) is 64.9 Å². The summed E-state index contributed by atoms with van der Waals surface area (Å²) in [6, 6.07) is 6.67. The molecule has 1 aromatic rings. The van der Waals surface area contributed by atoms with Gasteiger partial charge in [0, 0.05) is 29.9 Å². The van der Waals surface area contributed by atoms with Gasteiger partial charge in [0.25, 0.3) is 0 Å². The quantitative estimate of drug-likeness (QED) is 0.895. The Labute approximate surface area is 123 Å². The third-order valence-corrected chi connectivity index (χ3v) is 5.17. The summed E-state index contributed by atoms with van der Waals surface area (Å²) in [6.07, 6.45) is 8.12. The van der Waals surface area contributed by atoms with Crippen molar-refractivity contribution in [3.05, 3.63) is 30.1 Å². The average Bonchev–Trinajstić information content (AvgIpc) is 2.47. The molecule has 1 saturated carbocycles. The van der Waals surface area contributed by atoms with Gasteiger partial charge in [0.1, 0.15) is 0 Å². The highest BCUT2D eigenvalue weighted by atomic mass is 15.2. The number of nitrogens with zero attached hydrogens (tertiary/aromatic N) is 2. The lowest BCUT2D eigenvalue weighted by Crippen LogP contribution is -2.60. The second-order valence-electron chi connectivity index (χ2n) is 6.55. The fourth-order valence-corrected chi connectivity index (χ4v) is 3.66. The van der Waals surface area contributed by atoms with Crippen molar-refractivity contribution in [2.24, 2.45) is 5.92 Å². The van der Waals surface area contributed by atoms with Gasteiger partial charge in [0.05, 0.1) is 0 Å². The van der Waals surface area contributed by atoms with E-state index in [1.165, 1.54) is 31.4 Å². The van der Waals surface area contributed by atoms with E-state index in [4.69, 9.17) is 0 Å². The Kier molecular flexibility index (Phi) is 5.17. The molecule has 1 unspecified atom stereocenters. The number of hydrogen-bond donors (Lipinski definition) is 1. The predicted molar refractivity (Wildman–Crippen MR) is 84.8 cm³/mol. The van der Waals surface area contributed by atoms with Crippen molar-refractivity contribution in [2.45, 2.75) is 50.6 Å². The van der Waals surface area contributed by atoms with Crippen LogP contribution in [0, 0.1) is 5.92 Å². The minimum absolute atomic E-state index is 0.263. The van der Waals surface area contributed by atoms with Gasteiger partial charge < -0.3 is 10.2 Å². The van der Waals surface area contributed by atoms with Crippen LogP contribution in [0.5, 0.6) is 0 Å². The van der Waals surface area contributed by atoms with E-state index in [1.807, 2.05) is 12.3 Å². The van der Waals surface area contributed by atoms with E-state index in [0.29, 0.717) is 6.04 Å². The lowest BCUT2D eigenvalue weighted by Gasteiger charge is -2.49. The van der Waals surface area contributed by atoms with Gasteiger partial charge in [0.15, 0.2) is 0 Å². The van der Waals surface area contributed by atoms with Crippen LogP contribution in [0.3, 0.4) is 0 Å². The smallest absolute Gasteiger partial charge is 0.0419 e. The Bertz CT molecular complexity index is 394. The van der Waals surface area contributed by atoms with E-state index in [-0.39, 0.29) is 5.54 Å². The molecule has 0 aromatic carbocycles. The van der Waals surface area contributed by atoms with Crippen molar-refractivity contribution >= 4 is 0 Å². The van der Waals surface area contributed by atoms with E-state index in [1.54, 1.807) is 0 Å². The van der Waals surface area contributed by atoms with E-state index < -0.39 is 0 Å². The summed E-state index contributed by atoms with van der Waals surface area (Å²) in [5, 5.41) is 3.58. The Balaban J connectivity index is 2.17. The summed E-state index contributed by atoms with van der Waals surface area (Å²) in [5.74, 6) is 0.871. The first-order valence-corrected chi connectivity index (χ1v) is 7.83. The third kappa shape index (κ3) is 3.21. The zero-order valence-electron chi connectivity index (χ0n) is 13.4. The van der Waals surface area contributed by atoms with Gasteiger partial charge in [-0.25, -0.2) is 0 Å². The maximum absolute atomic E-state index is 4.51. The van der Waals surface area contributed by atoms with E-state index in [2.05, 4.69) is 55.4 Å². The Morgan fingerprint density at radius 1 is 1.35 bits per heavy atom. The molecule has 3 nitrogen and oxygen atoms in total. The summed E-state index contributed by atoms with van der Waals surface area (Å²) in [5.41, 5.74) is 1.45. The maximum Gasteiger partial charge on any atom is 0.0419 e. The first-order valence-electron chi connectivity index (χ1n) is 7.83. The molecule has 0 saturated heterocycles. The van der Waals surface area contributed by atoms with Crippen molar-refractivity contribution in [2.75, 3.05) is 21.1 Å². The largest absolute Gasteiger partial charge is 0.315 e. The molecule has 3 heteroatoms. The lowest BCUT2D eigenvalue weighted by molar-refractivity contribution is 0.0458. The first kappa shape index (κ1) is 15.5. The second-order valence-corrected chi connectivity index (χ2v) is 6.55. The number of likely N-dealkylation sites (N-methyl/N-ethyl adjacent to an activating group) is 2. The van der Waals surface area contributed by atoms with E-state index in [9.17, 15) is 0 Å².